The molecule has 0 radical (unpaired) electrons. The minimum absolute atomic E-state index is 0.331. The van der Waals surface area contributed by atoms with Gasteiger partial charge in [0.2, 0.25) is 0 Å². The smallest absolute Gasteiger partial charge is 0.333 e. The van der Waals surface area contributed by atoms with Crippen molar-refractivity contribution in [1.82, 2.24) is 0 Å². The Morgan fingerprint density at radius 1 is 1.47 bits per heavy atom. The first-order valence-electron chi connectivity index (χ1n) is 5.08. The summed E-state index contributed by atoms with van der Waals surface area (Å²) in [6.45, 7) is 8.16. The van der Waals surface area contributed by atoms with Crippen LogP contribution < -0.4 is 0 Å². The number of hydrogen-bond donors (Lipinski definition) is 0. The van der Waals surface area contributed by atoms with Crippen LogP contribution in [0.2, 0.25) is 6.04 Å². The van der Waals surface area contributed by atoms with E-state index in [4.69, 9.17) is 13.6 Å². The van der Waals surface area contributed by atoms with Gasteiger partial charge in [0.1, 0.15) is 0 Å². The van der Waals surface area contributed by atoms with Crippen LogP contribution in [0.5, 0.6) is 0 Å². The number of ether oxygens (including phenoxy) is 1. The van der Waals surface area contributed by atoms with Gasteiger partial charge in [-0.05, 0) is 26.3 Å². The van der Waals surface area contributed by atoms with E-state index in [1.807, 2.05) is 6.92 Å². The molecular weight excluding hydrogens is 212 g/mol. The molecule has 0 bridgehead atoms. The quantitative estimate of drug-likeness (QED) is 0.275. The SMILES string of the molecule is C=C(C)C(=O)OCCC[SiH](OC)OCC. The fraction of sp³-hybridized carbons (Fsp3) is 0.700. The highest BCUT2D eigenvalue weighted by Crippen LogP contribution is 2.02. The summed E-state index contributed by atoms with van der Waals surface area (Å²) in [5, 5.41) is 0. The van der Waals surface area contributed by atoms with Gasteiger partial charge in [0.05, 0.1) is 6.61 Å². The van der Waals surface area contributed by atoms with Gasteiger partial charge in [0.15, 0.2) is 0 Å². The molecule has 0 amide bonds. The molecule has 0 aliphatic carbocycles. The number of carbonyl (C=O) groups is 1. The molecule has 0 saturated heterocycles. The fourth-order valence-corrected chi connectivity index (χ4v) is 2.40. The fourth-order valence-electron chi connectivity index (χ4n) is 0.993. The molecule has 0 aromatic rings. The van der Waals surface area contributed by atoms with Crippen LogP contribution in [-0.2, 0) is 18.4 Å². The Kier molecular flexibility index (Phi) is 8.26. The lowest BCUT2D eigenvalue weighted by Gasteiger charge is -2.12. The molecule has 1 atom stereocenters. The lowest BCUT2D eigenvalue weighted by atomic mass is 10.4. The monoisotopic (exact) mass is 232 g/mol. The maximum atomic E-state index is 11.0. The molecule has 0 aromatic carbocycles. The van der Waals surface area contributed by atoms with E-state index in [9.17, 15) is 4.79 Å². The van der Waals surface area contributed by atoms with Crippen molar-refractivity contribution in [3.63, 3.8) is 0 Å². The molecular formula is C10H20O4Si. The van der Waals surface area contributed by atoms with Gasteiger partial charge < -0.3 is 13.6 Å². The second-order valence-corrected chi connectivity index (χ2v) is 5.42. The molecule has 4 nitrogen and oxygen atoms in total. The normalized spacial score (nSPS) is 12.2. The second kappa shape index (κ2) is 8.64. The third-order valence-corrected chi connectivity index (χ3v) is 3.89. The molecule has 0 N–H and O–H groups in total. The summed E-state index contributed by atoms with van der Waals surface area (Å²) in [4.78, 5) is 11.0. The van der Waals surface area contributed by atoms with Crippen LogP contribution in [0.15, 0.2) is 12.2 Å². The molecule has 0 aliphatic rings. The standard InChI is InChI=1S/C10H20O4Si/c1-5-14-15(12-4)8-6-7-13-10(11)9(2)3/h15H,2,5-8H2,1,3-4H3. The van der Waals surface area contributed by atoms with Gasteiger partial charge in [0, 0.05) is 19.3 Å². The molecule has 15 heavy (non-hydrogen) atoms. The average Bonchev–Trinajstić information content (AvgIpc) is 2.22. The van der Waals surface area contributed by atoms with Crippen molar-refractivity contribution in [3.8, 4) is 0 Å². The first-order valence-corrected chi connectivity index (χ1v) is 6.84. The molecule has 0 heterocycles. The van der Waals surface area contributed by atoms with Gasteiger partial charge in [-0.3, -0.25) is 0 Å². The highest BCUT2D eigenvalue weighted by molar-refractivity contribution is 6.44. The zero-order chi connectivity index (χ0) is 11.7. The van der Waals surface area contributed by atoms with Crippen molar-refractivity contribution < 1.29 is 18.4 Å². The Morgan fingerprint density at radius 3 is 2.60 bits per heavy atom. The maximum Gasteiger partial charge on any atom is 0.333 e. The van der Waals surface area contributed by atoms with Gasteiger partial charge in [-0.2, -0.15) is 0 Å². The van der Waals surface area contributed by atoms with Crippen LogP contribution in [0.25, 0.3) is 0 Å². The van der Waals surface area contributed by atoms with Crippen molar-refractivity contribution in [2.45, 2.75) is 26.3 Å². The number of carbonyl (C=O) groups excluding carboxylic acids is 1. The molecule has 0 spiro atoms. The maximum absolute atomic E-state index is 11.0. The van der Waals surface area contributed by atoms with Crippen LogP contribution in [0.1, 0.15) is 20.3 Å². The largest absolute Gasteiger partial charge is 0.462 e. The molecule has 88 valence electrons. The summed E-state index contributed by atoms with van der Waals surface area (Å²) < 4.78 is 15.6. The molecule has 1 unspecified atom stereocenters. The topological polar surface area (TPSA) is 44.8 Å². The third-order valence-electron chi connectivity index (χ3n) is 1.78. The first kappa shape index (κ1) is 14.3. The van der Waals surface area contributed by atoms with Crippen molar-refractivity contribution >= 4 is 15.3 Å². The summed E-state index contributed by atoms with van der Waals surface area (Å²) in [7, 11) is 0.145. The molecule has 0 saturated carbocycles. The van der Waals surface area contributed by atoms with Gasteiger partial charge in [-0.1, -0.05) is 6.58 Å². The highest BCUT2D eigenvalue weighted by atomic mass is 28.3. The Balaban J connectivity index is 3.52. The van der Waals surface area contributed by atoms with Crippen molar-refractivity contribution in [1.29, 1.82) is 0 Å². The predicted molar refractivity (Wildman–Crippen MR) is 61.0 cm³/mol. The summed E-state index contributed by atoms with van der Waals surface area (Å²) in [6.07, 6.45) is 0.781. The summed E-state index contributed by atoms with van der Waals surface area (Å²) in [5.74, 6) is -0.331. The third kappa shape index (κ3) is 7.30. The Morgan fingerprint density at radius 2 is 2.13 bits per heavy atom. The van der Waals surface area contributed by atoms with Crippen LogP contribution in [0.3, 0.4) is 0 Å². The molecule has 0 rings (SSSR count). The van der Waals surface area contributed by atoms with E-state index in [2.05, 4.69) is 6.58 Å². The number of hydrogen-bond acceptors (Lipinski definition) is 4. The van der Waals surface area contributed by atoms with E-state index in [-0.39, 0.29) is 5.97 Å². The predicted octanol–water partition coefficient (Wildman–Crippen LogP) is 1.40. The Labute approximate surface area is 93.1 Å². The van der Waals surface area contributed by atoms with Crippen LogP contribution in [-0.4, -0.2) is 35.6 Å². The zero-order valence-electron chi connectivity index (χ0n) is 9.75. The van der Waals surface area contributed by atoms with E-state index in [1.165, 1.54) is 0 Å². The van der Waals surface area contributed by atoms with Gasteiger partial charge >= 0.3 is 15.3 Å². The van der Waals surface area contributed by atoms with Crippen molar-refractivity contribution in [2.24, 2.45) is 0 Å². The minimum Gasteiger partial charge on any atom is -0.462 e. The summed E-state index contributed by atoms with van der Waals surface area (Å²) in [6, 6.07) is 0.855. The number of rotatable bonds is 8. The van der Waals surface area contributed by atoms with Crippen molar-refractivity contribution in [3.05, 3.63) is 12.2 Å². The lowest BCUT2D eigenvalue weighted by molar-refractivity contribution is -0.138. The molecule has 5 heteroatoms. The van der Waals surface area contributed by atoms with E-state index in [0.717, 1.165) is 12.5 Å². The van der Waals surface area contributed by atoms with Gasteiger partial charge in [-0.25, -0.2) is 4.79 Å². The van der Waals surface area contributed by atoms with Crippen LogP contribution >= 0.6 is 0 Å². The summed E-state index contributed by atoms with van der Waals surface area (Å²) in [5.41, 5.74) is 0.431. The minimum atomic E-state index is -1.51. The van der Waals surface area contributed by atoms with E-state index in [0.29, 0.717) is 18.8 Å². The Hall–Kier alpha value is -0.653. The first-order chi connectivity index (χ1) is 7.11. The van der Waals surface area contributed by atoms with E-state index >= 15 is 0 Å². The number of esters is 1. The highest BCUT2D eigenvalue weighted by Gasteiger charge is 2.10. The Bertz CT molecular complexity index is 206. The van der Waals surface area contributed by atoms with Gasteiger partial charge in [-0.15, -0.1) is 0 Å². The molecule has 0 aliphatic heterocycles. The average molecular weight is 232 g/mol. The molecule has 0 fully saturated rings. The van der Waals surface area contributed by atoms with Crippen LogP contribution in [0, 0.1) is 0 Å². The van der Waals surface area contributed by atoms with Gasteiger partial charge in [0.25, 0.3) is 0 Å². The summed E-state index contributed by atoms with van der Waals surface area (Å²) >= 11 is 0. The van der Waals surface area contributed by atoms with E-state index < -0.39 is 9.28 Å². The van der Waals surface area contributed by atoms with E-state index in [1.54, 1.807) is 14.0 Å². The lowest BCUT2D eigenvalue weighted by Crippen LogP contribution is -2.21. The van der Waals surface area contributed by atoms with Crippen molar-refractivity contribution in [2.75, 3.05) is 20.3 Å². The zero-order valence-corrected chi connectivity index (χ0v) is 10.9. The molecule has 0 aromatic heterocycles. The van der Waals surface area contributed by atoms with Crippen LogP contribution in [0.4, 0.5) is 0 Å². The second-order valence-electron chi connectivity index (χ2n) is 3.18.